The largest absolute Gasteiger partial charge is 0.479 e. The summed E-state index contributed by atoms with van der Waals surface area (Å²) in [5.74, 6) is -0.966. The van der Waals surface area contributed by atoms with Crippen LogP contribution in [0.15, 0.2) is 24.3 Å². The molecular formula is C10H11ClO3. The Balaban J connectivity index is 2.49. The lowest BCUT2D eigenvalue weighted by Gasteiger charge is -2.08. The summed E-state index contributed by atoms with van der Waals surface area (Å²) in [4.78, 5) is 10.4. The maximum atomic E-state index is 10.4. The normalized spacial score (nSPS) is 12.4. The topological polar surface area (TPSA) is 46.5 Å². The first-order valence-corrected chi connectivity index (χ1v) is 4.56. The van der Waals surface area contributed by atoms with Crippen LogP contribution in [0.4, 0.5) is 0 Å². The van der Waals surface area contributed by atoms with Gasteiger partial charge in [-0.25, -0.2) is 4.79 Å². The molecule has 0 saturated carbocycles. The molecule has 0 fully saturated rings. The second kappa shape index (κ2) is 4.98. The highest BCUT2D eigenvalue weighted by Crippen LogP contribution is 2.12. The van der Waals surface area contributed by atoms with Gasteiger partial charge in [-0.05, 0) is 24.6 Å². The van der Waals surface area contributed by atoms with E-state index in [1.54, 1.807) is 18.2 Å². The van der Waals surface area contributed by atoms with Crippen molar-refractivity contribution in [3.8, 4) is 0 Å². The van der Waals surface area contributed by atoms with Gasteiger partial charge in [0.15, 0.2) is 6.10 Å². The van der Waals surface area contributed by atoms with E-state index in [1.165, 1.54) is 6.92 Å². The van der Waals surface area contributed by atoms with Crippen LogP contribution in [0.2, 0.25) is 5.02 Å². The molecule has 0 aromatic heterocycles. The van der Waals surface area contributed by atoms with E-state index in [9.17, 15) is 4.79 Å². The number of benzene rings is 1. The number of hydrogen-bond acceptors (Lipinski definition) is 2. The molecule has 0 aliphatic carbocycles. The van der Waals surface area contributed by atoms with Gasteiger partial charge in [0.25, 0.3) is 0 Å². The Kier molecular flexibility index (Phi) is 3.92. The Labute approximate surface area is 87.3 Å². The van der Waals surface area contributed by atoms with Gasteiger partial charge >= 0.3 is 5.97 Å². The minimum absolute atomic E-state index is 0.258. The quantitative estimate of drug-likeness (QED) is 0.837. The third kappa shape index (κ3) is 3.36. The second-order valence-electron chi connectivity index (χ2n) is 2.92. The maximum absolute atomic E-state index is 10.4. The monoisotopic (exact) mass is 214 g/mol. The average Bonchev–Trinajstić information content (AvgIpc) is 2.14. The molecule has 4 heteroatoms. The molecule has 1 rings (SSSR count). The van der Waals surface area contributed by atoms with Gasteiger partial charge in [-0.1, -0.05) is 23.7 Å². The zero-order chi connectivity index (χ0) is 10.6. The summed E-state index contributed by atoms with van der Waals surface area (Å²) in [6.07, 6.45) is -0.797. The predicted octanol–water partition coefficient (Wildman–Crippen LogP) is 2.33. The lowest BCUT2D eigenvalue weighted by Crippen LogP contribution is -2.19. The van der Waals surface area contributed by atoms with E-state index in [0.717, 1.165) is 5.56 Å². The fourth-order valence-electron chi connectivity index (χ4n) is 0.919. The molecule has 0 aliphatic rings. The number of hydrogen-bond donors (Lipinski definition) is 1. The molecule has 3 nitrogen and oxygen atoms in total. The van der Waals surface area contributed by atoms with Crippen LogP contribution >= 0.6 is 11.6 Å². The molecule has 0 spiro atoms. The lowest BCUT2D eigenvalue weighted by molar-refractivity contribution is -0.149. The van der Waals surface area contributed by atoms with Crippen molar-refractivity contribution in [2.24, 2.45) is 0 Å². The fraction of sp³-hybridized carbons (Fsp3) is 0.300. The number of carboxylic acid groups (broad SMARTS) is 1. The first-order valence-electron chi connectivity index (χ1n) is 4.18. The lowest BCUT2D eigenvalue weighted by atomic mass is 10.2. The Hall–Kier alpha value is -1.06. The Morgan fingerprint density at radius 3 is 2.93 bits per heavy atom. The fourth-order valence-corrected chi connectivity index (χ4v) is 1.13. The van der Waals surface area contributed by atoms with Crippen LogP contribution in [0, 0.1) is 0 Å². The Morgan fingerprint density at radius 1 is 1.64 bits per heavy atom. The molecule has 76 valence electrons. The third-order valence-electron chi connectivity index (χ3n) is 1.74. The summed E-state index contributed by atoms with van der Waals surface area (Å²) >= 11 is 5.75. The highest BCUT2D eigenvalue weighted by atomic mass is 35.5. The molecule has 0 radical (unpaired) electrons. The highest BCUT2D eigenvalue weighted by Gasteiger charge is 2.10. The van der Waals surface area contributed by atoms with Gasteiger partial charge < -0.3 is 9.84 Å². The zero-order valence-corrected chi connectivity index (χ0v) is 8.49. The van der Waals surface area contributed by atoms with Gasteiger partial charge in [0.05, 0.1) is 6.61 Å². The number of halogens is 1. The summed E-state index contributed by atoms with van der Waals surface area (Å²) in [7, 11) is 0. The molecule has 1 aromatic carbocycles. The van der Waals surface area contributed by atoms with Crippen molar-refractivity contribution >= 4 is 17.6 Å². The van der Waals surface area contributed by atoms with Gasteiger partial charge in [-0.2, -0.15) is 0 Å². The molecule has 14 heavy (non-hydrogen) atoms. The van der Waals surface area contributed by atoms with E-state index in [2.05, 4.69) is 0 Å². The minimum atomic E-state index is -0.966. The van der Waals surface area contributed by atoms with Crippen LogP contribution in [0.1, 0.15) is 12.5 Å². The summed E-state index contributed by atoms with van der Waals surface area (Å²) < 4.78 is 5.09. The van der Waals surface area contributed by atoms with Crippen molar-refractivity contribution < 1.29 is 14.6 Å². The Morgan fingerprint density at radius 2 is 2.36 bits per heavy atom. The van der Waals surface area contributed by atoms with Crippen molar-refractivity contribution in [2.45, 2.75) is 19.6 Å². The molecule has 1 aromatic rings. The van der Waals surface area contributed by atoms with Crippen LogP contribution < -0.4 is 0 Å². The number of carboxylic acids is 1. The standard InChI is InChI=1S/C10H11ClO3/c1-7(10(12)13)14-6-8-3-2-4-9(11)5-8/h2-5,7H,6H2,1H3,(H,12,13)/t7-/m0/s1. The zero-order valence-electron chi connectivity index (χ0n) is 7.74. The van der Waals surface area contributed by atoms with Gasteiger partial charge in [0.1, 0.15) is 0 Å². The summed E-state index contributed by atoms with van der Waals surface area (Å²) in [6.45, 7) is 1.75. The van der Waals surface area contributed by atoms with Crippen LogP contribution in [0.3, 0.4) is 0 Å². The van der Waals surface area contributed by atoms with E-state index in [-0.39, 0.29) is 6.61 Å². The van der Waals surface area contributed by atoms with Crippen molar-refractivity contribution in [1.82, 2.24) is 0 Å². The number of rotatable bonds is 4. The molecule has 1 N–H and O–H groups in total. The average molecular weight is 215 g/mol. The van der Waals surface area contributed by atoms with Crippen LogP contribution in [-0.4, -0.2) is 17.2 Å². The van der Waals surface area contributed by atoms with Crippen molar-refractivity contribution in [2.75, 3.05) is 0 Å². The van der Waals surface area contributed by atoms with Gasteiger partial charge in [0.2, 0.25) is 0 Å². The summed E-state index contributed by atoms with van der Waals surface area (Å²) in [5.41, 5.74) is 0.866. The summed E-state index contributed by atoms with van der Waals surface area (Å²) in [6, 6.07) is 7.13. The Bertz CT molecular complexity index is 325. The molecule has 0 heterocycles. The molecule has 0 unspecified atom stereocenters. The molecule has 0 aliphatic heterocycles. The number of carbonyl (C=O) groups is 1. The molecule has 0 saturated heterocycles. The summed E-state index contributed by atoms with van der Waals surface area (Å²) in [5, 5.41) is 9.18. The van der Waals surface area contributed by atoms with Crippen molar-refractivity contribution in [3.63, 3.8) is 0 Å². The molecule has 0 bridgehead atoms. The number of aliphatic carboxylic acids is 1. The van der Waals surface area contributed by atoms with E-state index < -0.39 is 12.1 Å². The van der Waals surface area contributed by atoms with Gasteiger partial charge in [0, 0.05) is 5.02 Å². The van der Waals surface area contributed by atoms with E-state index in [0.29, 0.717) is 5.02 Å². The maximum Gasteiger partial charge on any atom is 0.332 e. The first-order chi connectivity index (χ1) is 6.59. The van der Waals surface area contributed by atoms with Crippen LogP contribution in [0.5, 0.6) is 0 Å². The third-order valence-corrected chi connectivity index (χ3v) is 1.97. The molecule has 0 amide bonds. The van der Waals surface area contributed by atoms with E-state index in [4.69, 9.17) is 21.4 Å². The first kappa shape index (κ1) is 11.0. The number of ether oxygens (including phenoxy) is 1. The SMILES string of the molecule is C[C@H](OCc1cccc(Cl)c1)C(=O)O. The smallest absolute Gasteiger partial charge is 0.332 e. The van der Waals surface area contributed by atoms with Crippen LogP contribution in [0.25, 0.3) is 0 Å². The van der Waals surface area contributed by atoms with E-state index in [1.807, 2.05) is 6.07 Å². The second-order valence-corrected chi connectivity index (χ2v) is 3.36. The van der Waals surface area contributed by atoms with Gasteiger partial charge in [-0.15, -0.1) is 0 Å². The molecular weight excluding hydrogens is 204 g/mol. The van der Waals surface area contributed by atoms with Crippen molar-refractivity contribution in [3.05, 3.63) is 34.9 Å². The predicted molar refractivity (Wildman–Crippen MR) is 53.3 cm³/mol. The van der Waals surface area contributed by atoms with Crippen molar-refractivity contribution in [1.29, 1.82) is 0 Å². The van der Waals surface area contributed by atoms with Gasteiger partial charge in [-0.3, -0.25) is 0 Å². The van der Waals surface area contributed by atoms with Crippen LogP contribution in [-0.2, 0) is 16.1 Å². The highest BCUT2D eigenvalue weighted by molar-refractivity contribution is 6.30. The minimum Gasteiger partial charge on any atom is -0.479 e. The molecule has 1 atom stereocenters. The van der Waals surface area contributed by atoms with E-state index >= 15 is 0 Å².